The van der Waals surface area contributed by atoms with Gasteiger partial charge in [0.25, 0.3) is 0 Å². The second-order valence-electron chi connectivity index (χ2n) is 4.72. The lowest BCUT2D eigenvalue weighted by Crippen LogP contribution is -2.49. The van der Waals surface area contributed by atoms with Crippen LogP contribution < -0.4 is 0 Å². The van der Waals surface area contributed by atoms with Crippen molar-refractivity contribution in [3.63, 3.8) is 0 Å². The summed E-state index contributed by atoms with van der Waals surface area (Å²) < 4.78 is 0. The van der Waals surface area contributed by atoms with Crippen molar-refractivity contribution in [3.8, 4) is 0 Å². The number of nitrogens with zero attached hydrogens (tertiary/aromatic N) is 3. The van der Waals surface area contributed by atoms with E-state index in [4.69, 9.17) is 10.2 Å². The second-order valence-corrected chi connectivity index (χ2v) is 4.72. The first-order valence-corrected chi connectivity index (χ1v) is 6.40. The zero-order valence-corrected chi connectivity index (χ0v) is 12.2. The first kappa shape index (κ1) is 18.2. The number of amides is 2. The number of likely N-dealkylation sites (N-methyl/N-ethyl adjacent to an activating group) is 1. The van der Waals surface area contributed by atoms with Crippen LogP contribution in [0.5, 0.6) is 0 Å². The number of rotatable bonds is 9. The van der Waals surface area contributed by atoms with Crippen LogP contribution in [0.3, 0.4) is 0 Å². The van der Waals surface area contributed by atoms with Crippen LogP contribution in [0.1, 0.15) is 13.3 Å². The third kappa shape index (κ3) is 7.57. The number of hydrogen-bond acceptors (Lipinski definition) is 4. The molecule has 2 amide bonds. The van der Waals surface area contributed by atoms with Crippen LogP contribution in [-0.2, 0) is 9.59 Å². The van der Waals surface area contributed by atoms with Gasteiger partial charge in [-0.25, -0.2) is 4.79 Å². The summed E-state index contributed by atoms with van der Waals surface area (Å²) in [7, 11) is 3.72. The minimum atomic E-state index is -1.23. The first-order chi connectivity index (χ1) is 9.27. The zero-order chi connectivity index (χ0) is 15.7. The molecule has 0 aromatic heterocycles. The summed E-state index contributed by atoms with van der Waals surface area (Å²) >= 11 is 0. The molecule has 8 heteroatoms. The van der Waals surface area contributed by atoms with Crippen LogP contribution in [0.15, 0.2) is 0 Å². The van der Waals surface area contributed by atoms with E-state index in [1.807, 2.05) is 25.9 Å². The van der Waals surface area contributed by atoms with E-state index >= 15 is 0 Å². The van der Waals surface area contributed by atoms with E-state index in [0.717, 1.165) is 4.90 Å². The molecule has 20 heavy (non-hydrogen) atoms. The zero-order valence-electron chi connectivity index (χ0n) is 12.2. The summed E-state index contributed by atoms with van der Waals surface area (Å²) in [6, 6.07) is -0.557. The molecule has 0 spiro atoms. The van der Waals surface area contributed by atoms with Gasteiger partial charge in [-0.3, -0.25) is 9.59 Å². The number of carboxylic acids is 2. The smallest absolute Gasteiger partial charge is 0.323 e. The van der Waals surface area contributed by atoms with Crippen molar-refractivity contribution in [1.82, 2.24) is 14.7 Å². The molecule has 0 atom stereocenters. The molecule has 0 aromatic rings. The predicted octanol–water partition coefficient (Wildman–Crippen LogP) is -0.149. The second kappa shape index (κ2) is 9.13. The number of urea groups is 1. The van der Waals surface area contributed by atoms with Crippen molar-refractivity contribution >= 4 is 18.0 Å². The van der Waals surface area contributed by atoms with E-state index in [1.165, 1.54) is 4.90 Å². The van der Waals surface area contributed by atoms with Gasteiger partial charge in [-0.05, 0) is 20.5 Å². The van der Waals surface area contributed by atoms with Crippen LogP contribution in [-0.4, -0.2) is 89.7 Å². The Morgan fingerprint density at radius 3 is 1.70 bits per heavy atom. The number of carbonyl (C=O) groups excluding carboxylic acids is 1. The Morgan fingerprint density at radius 2 is 1.35 bits per heavy atom. The lowest BCUT2D eigenvalue weighted by Gasteiger charge is -2.29. The van der Waals surface area contributed by atoms with Gasteiger partial charge in [-0.2, -0.15) is 0 Å². The van der Waals surface area contributed by atoms with E-state index in [-0.39, 0.29) is 0 Å². The molecule has 2 N–H and O–H groups in total. The van der Waals surface area contributed by atoms with Gasteiger partial charge < -0.3 is 24.9 Å². The fourth-order valence-electron chi connectivity index (χ4n) is 1.61. The average Bonchev–Trinajstić information content (AvgIpc) is 2.31. The molecule has 0 radical (unpaired) electrons. The number of hydrogen-bond donors (Lipinski definition) is 2. The quantitative estimate of drug-likeness (QED) is 0.612. The number of carbonyl (C=O) groups is 3. The molecule has 0 fully saturated rings. The minimum absolute atomic E-state index is 0.426. The summed E-state index contributed by atoms with van der Waals surface area (Å²) in [5.74, 6) is -2.47. The standard InChI is InChI=1S/C12H23N3O5/c1-4-5-14(7-6-13(2)3)12(20)15(8-10(16)17)9-11(18)19/h4-9H2,1-3H3,(H,16,17)(H,18,19). The highest BCUT2D eigenvalue weighted by molar-refractivity contribution is 5.84. The Bertz CT molecular complexity index is 330. The fourth-order valence-corrected chi connectivity index (χ4v) is 1.61. The van der Waals surface area contributed by atoms with Gasteiger partial charge in [0.05, 0.1) is 0 Å². The largest absolute Gasteiger partial charge is 0.480 e. The molecule has 0 heterocycles. The van der Waals surface area contributed by atoms with E-state index < -0.39 is 31.1 Å². The summed E-state index contributed by atoms with van der Waals surface area (Å²) in [4.78, 5) is 37.9. The lowest BCUT2D eigenvalue weighted by molar-refractivity contribution is -0.140. The van der Waals surface area contributed by atoms with Gasteiger partial charge in [-0.1, -0.05) is 6.92 Å². The molecule has 0 saturated carbocycles. The lowest BCUT2D eigenvalue weighted by atomic mass is 10.4. The fraction of sp³-hybridized carbons (Fsp3) is 0.750. The van der Waals surface area contributed by atoms with Crippen LogP contribution in [0.2, 0.25) is 0 Å². The number of aliphatic carboxylic acids is 2. The maximum absolute atomic E-state index is 12.2. The number of carboxylic acid groups (broad SMARTS) is 2. The molecule has 116 valence electrons. The van der Waals surface area contributed by atoms with Gasteiger partial charge in [-0.15, -0.1) is 0 Å². The van der Waals surface area contributed by atoms with E-state index in [9.17, 15) is 14.4 Å². The summed E-state index contributed by atoms with van der Waals surface area (Å²) in [6.45, 7) is 2.17. The van der Waals surface area contributed by atoms with Gasteiger partial charge in [0.2, 0.25) is 0 Å². The molecule has 0 aliphatic carbocycles. The normalized spacial score (nSPS) is 10.4. The highest BCUT2D eigenvalue weighted by Crippen LogP contribution is 2.02. The molecule has 0 aromatic carbocycles. The summed E-state index contributed by atoms with van der Waals surface area (Å²) in [5, 5.41) is 17.5. The van der Waals surface area contributed by atoms with Crippen molar-refractivity contribution in [2.24, 2.45) is 0 Å². The first-order valence-electron chi connectivity index (χ1n) is 6.40. The van der Waals surface area contributed by atoms with Crippen LogP contribution in [0.4, 0.5) is 4.79 Å². The average molecular weight is 289 g/mol. The molecule has 0 saturated heterocycles. The maximum Gasteiger partial charge on any atom is 0.323 e. The summed E-state index contributed by atoms with van der Waals surface area (Å²) in [5.41, 5.74) is 0. The van der Waals surface area contributed by atoms with Crippen LogP contribution in [0, 0.1) is 0 Å². The molecule has 0 unspecified atom stereocenters. The topological polar surface area (TPSA) is 101 Å². The molecular formula is C12H23N3O5. The predicted molar refractivity (Wildman–Crippen MR) is 72.7 cm³/mol. The Kier molecular flexibility index (Phi) is 8.30. The van der Waals surface area contributed by atoms with E-state index in [1.54, 1.807) is 0 Å². The maximum atomic E-state index is 12.2. The molecule has 8 nitrogen and oxygen atoms in total. The van der Waals surface area contributed by atoms with Gasteiger partial charge in [0, 0.05) is 19.6 Å². The van der Waals surface area contributed by atoms with Crippen molar-refractivity contribution in [1.29, 1.82) is 0 Å². The van der Waals surface area contributed by atoms with Gasteiger partial charge in [0.15, 0.2) is 0 Å². The molecule has 0 bridgehead atoms. The SMILES string of the molecule is CCCN(CCN(C)C)C(=O)N(CC(=O)O)CC(=O)O. The summed E-state index contributed by atoms with van der Waals surface area (Å²) in [6.07, 6.45) is 0.715. The Morgan fingerprint density at radius 1 is 0.850 bits per heavy atom. The Hall–Kier alpha value is -1.83. The van der Waals surface area contributed by atoms with E-state index in [0.29, 0.717) is 26.1 Å². The molecule has 0 aliphatic heterocycles. The van der Waals surface area contributed by atoms with Gasteiger partial charge in [0.1, 0.15) is 13.1 Å². The van der Waals surface area contributed by atoms with Crippen molar-refractivity contribution < 1.29 is 24.6 Å². The van der Waals surface area contributed by atoms with Crippen molar-refractivity contribution in [3.05, 3.63) is 0 Å². The Labute approximate surface area is 118 Å². The highest BCUT2D eigenvalue weighted by atomic mass is 16.4. The third-order valence-corrected chi connectivity index (χ3v) is 2.50. The Balaban J connectivity index is 4.83. The monoisotopic (exact) mass is 289 g/mol. The van der Waals surface area contributed by atoms with Crippen LogP contribution >= 0.6 is 0 Å². The van der Waals surface area contributed by atoms with Crippen molar-refractivity contribution in [2.45, 2.75) is 13.3 Å². The highest BCUT2D eigenvalue weighted by Gasteiger charge is 2.24. The van der Waals surface area contributed by atoms with Crippen molar-refractivity contribution in [2.75, 3.05) is 46.8 Å². The minimum Gasteiger partial charge on any atom is -0.480 e. The van der Waals surface area contributed by atoms with Gasteiger partial charge >= 0.3 is 18.0 Å². The third-order valence-electron chi connectivity index (χ3n) is 2.50. The molecular weight excluding hydrogens is 266 g/mol. The molecule has 0 rings (SSSR count). The van der Waals surface area contributed by atoms with E-state index in [2.05, 4.69) is 0 Å². The van der Waals surface area contributed by atoms with Crippen LogP contribution in [0.25, 0.3) is 0 Å². The molecule has 0 aliphatic rings.